The quantitative estimate of drug-likeness (QED) is 0.249. The highest BCUT2D eigenvalue weighted by atomic mass is 16.5. The fourth-order valence-electron chi connectivity index (χ4n) is 7.67. The smallest absolute Gasteiger partial charge is 0.407 e. The molecule has 0 unspecified atom stereocenters. The van der Waals surface area contributed by atoms with Crippen LogP contribution in [-0.4, -0.2) is 63.9 Å². The first-order valence-corrected chi connectivity index (χ1v) is 17.9. The van der Waals surface area contributed by atoms with E-state index in [0.29, 0.717) is 18.8 Å². The summed E-state index contributed by atoms with van der Waals surface area (Å²) in [5, 5.41) is 15.8. The number of nitrogens with one attached hydrogen (secondary N) is 2. The Balaban J connectivity index is 1.30. The molecule has 0 saturated heterocycles. The van der Waals surface area contributed by atoms with Gasteiger partial charge in [-0.05, 0) is 84.9 Å². The molecular weight excluding hydrogens is 632 g/mol. The first-order chi connectivity index (χ1) is 24.2. The van der Waals surface area contributed by atoms with Crippen molar-refractivity contribution >= 4 is 23.8 Å². The number of fused-ring (bicyclic) bond motifs is 2. The van der Waals surface area contributed by atoms with E-state index in [1.54, 1.807) is 4.90 Å². The summed E-state index contributed by atoms with van der Waals surface area (Å²) in [6.07, 6.45) is 6.29. The van der Waals surface area contributed by atoms with Crippen LogP contribution in [0.1, 0.15) is 85.7 Å². The highest BCUT2D eigenvalue weighted by Gasteiger charge is 2.42. The van der Waals surface area contributed by atoms with Crippen LogP contribution in [0.2, 0.25) is 0 Å². The lowest BCUT2D eigenvalue weighted by atomic mass is 9.82. The van der Waals surface area contributed by atoms with E-state index in [4.69, 9.17) is 4.74 Å². The molecule has 0 aromatic heterocycles. The molecule has 10 heteroatoms. The Morgan fingerprint density at radius 3 is 2.40 bits per heavy atom. The second kappa shape index (κ2) is 15.8. The van der Waals surface area contributed by atoms with E-state index < -0.39 is 30.1 Å². The van der Waals surface area contributed by atoms with Crippen molar-refractivity contribution in [2.45, 2.75) is 102 Å². The van der Waals surface area contributed by atoms with Gasteiger partial charge in [0.15, 0.2) is 0 Å². The number of benzene rings is 3. The number of carbonyl (C=O) groups excluding carboxylic acids is 3. The summed E-state index contributed by atoms with van der Waals surface area (Å²) in [6, 6.07) is 21.1. The first kappa shape index (κ1) is 35.0. The van der Waals surface area contributed by atoms with Crippen LogP contribution < -0.4 is 15.4 Å². The average molecular weight is 681 g/mol. The molecule has 6 rings (SSSR count). The molecule has 3 aromatic carbocycles. The van der Waals surface area contributed by atoms with Crippen LogP contribution in [0, 0.1) is 5.92 Å². The molecular formula is C40H48N4O6. The minimum Gasteiger partial charge on any atom is -0.489 e. The summed E-state index contributed by atoms with van der Waals surface area (Å²) < 4.78 is 6.13. The summed E-state index contributed by atoms with van der Waals surface area (Å²) in [6.45, 7) is 2.09. The van der Waals surface area contributed by atoms with Gasteiger partial charge in [0.1, 0.15) is 30.5 Å². The third-order valence-electron chi connectivity index (χ3n) is 10.8. The highest BCUT2D eigenvalue weighted by Crippen LogP contribution is 2.34. The number of amides is 4. The van der Waals surface area contributed by atoms with Crippen LogP contribution in [0.3, 0.4) is 0 Å². The molecule has 1 aliphatic heterocycles. The Morgan fingerprint density at radius 1 is 0.900 bits per heavy atom. The predicted molar refractivity (Wildman–Crippen MR) is 189 cm³/mol. The number of hydrogen-bond donors (Lipinski definition) is 3. The van der Waals surface area contributed by atoms with E-state index >= 15 is 0 Å². The number of ether oxygens (including phenoxy) is 1. The van der Waals surface area contributed by atoms with Gasteiger partial charge in [-0.3, -0.25) is 19.3 Å². The van der Waals surface area contributed by atoms with Gasteiger partial charge in [0.2, 0.25) is 17.7 Å². The van der Waals surface area contributed by atoms with Crippen molar-refractivity contribution < 1.29 is 29.0 Å². The van der Waals surface area contributed by atoms with Crippen molar-refractivity contribution in [3.63, 3.8) is 0 Å². The predicted octanol–water partition coefficient (Wildman–Crippen LogP) is 5.78. The van der Waals surface area contributed by atoms with Crippen LogP contribution in [0.4, 0.5) is 4.79 Å². The van der Waals surface area contributed by atoms with Crippen LogP contribution in [-0.2, 0) is 40.4 Å². The van der Waals surface area contributed by atoms with Crippen LogP contribution in [0.25, 0.3) is 0 Å². The molecule has 50 heavy (non-hydrogen) atoms. The summed E-state index contributed by atoms with van der Waals surface area (Å²) >= 11 is 0. The van der Waals surface area contributed by atoms with E-state index in [-0.39, 0.29) is 30.3 Å². The molecule has 1 fully saturated rings. The van der Waals surface area contributed by atoms with Gasteiger partial charge in [-0.25, -0.2) is 4.79 Å². The third-order valence-corrected chi connectivity index (χ3v) is 10.8. The van der Waals surface area contributed by atoms with Gasteiger partial charge in [0, 0.05) is 20.0 Å². The summed E-state index contributed by atoms with van der Waals surface area (Å²) in [5.41, 5.74) is 5.25. The molecule has 3 N–H and O–H groups in total. The molecule has 0 radical (unpaired) electrons. The van der Waals surface area contributed by atoms with Gasteiger partial charge < -0.3 is 25.4 Å². The monoisotopic (exact) mass is 680 g/mol. The molecule has 1 saturated carbocycles. The fraction of sp³-hybridized carbons (Fsp3) is 0.450. The molecule has 264 valence electrons. The van der Waals surface area contributed by atoms with Crippen LogP contribution in [0.5, 0.6) is 5.75 Å². The maximum atomic E-state index is 14.8. The minimum absolute atomic E-state index is 0.126. The Bertz CT molecular complexity index is 1690. The Hall–Kier alpha value is -4.86. The molecule has 0 spiro atoms. The number of hydrogen-bond acceptors (Lipinski definition) is 5. The number of aryl methyl sites for hydroxylation is 1. The van der Waals surface area contributed by atoms with Crippen molar-refractivity contribution in [2.24, 2.45) is 5.92 Å². The van der Waals surface area contributed by atoms with E-state index in [0.717, 1.165) is 78.5 Å². The molecule has 4 atom stereocenters. The largest absolute Gasteiger partial charge is 0.489 e. The minimum atomic E-state index is -1.23. The third kappa shape index (κ3) is 7.95. The molecule has 0 bridgehead atoms. The van der Waals surface area contributed by atoms with Gasteiger partial charge in [-0.15, -0.1) is 0 Å². The highest BCUT2D eigenvalue weighted by molar-refractivity contribution is 5.94. The number of nitrogens with zero attached hydrogens (tertiary/aromatic N) is 2. The van der Waals surface area contributed by atoms with Gasteiger partial charge in [-0.1, -0.05) is 79.9 Å². The van der Waals surface area contributed by atoms with Crippen LogP contribution >= 0.6 is 0 Å². The molecule has 3 aromatic rings. The van der Waals surface area contributed by atoms with Crippen molar-refractivity contribution in [1.29, 1.82) is 0 Å². The molecule has 2 aliphatic carbocycles. The second-order valence-corrected chi connectivity index (χ2v) is 14.0. The van der Waals surface area contributed by atoms with Crippen molar-refractivity contribution in [3.05, 3.63) is 101 Å². The van der Waals surface area contributed by atoms with Crippen molar-refractivity contribution in [3.8, 4) is 5.75 Å². The van der Waals surface area contributed by atoms with Crippen molar-refractivity contribution in [1.82, 2.24) is 20.4 Å². The normalized spacial score (nSPS) is 20.0. The molecule has 3 aliphatic rings. The van der Waals surface area contributed by atoms with Gasteiger partial charge in [-0.2, -0.15) is 0 Å². The zero-order chi connectivity index (χ0) is 35.2. The van der Waals surface area contributed by atoms with E-state index in [9.17, 15) is 24.3 Å². The van der Waals surface area contributed by atoms with E-state index in [1.165, 1.54) is 19.5 Å². The summed E-state index contributed by atoms with van der Waals surface area (Å²) in [5.74, 6) is -0.529. The fourth-order valence-corrected chi connectivity index (χ4v) is 7.67. The molecule has 1 heterocycles. The topological polar surface area (TPSA) is 128 Å². The summed E-state index contributed by atoms with van der Waals surface area (Å²) in [7, 11) is 1.34. The van der Waals surface area contributed by atoms with Gasteiger partial charge in [0.05, 0.1) is 6.04 Å². The van der Waals surface area contributed by atoms with E-state index in [1.807, 2.05) is 60.7 Å². The summed E-state index contributed by atoms with van der Waals surface area (Å²) in [4.78, 5) is 56.9. The molecule has 4 amide bonds. The zero-order valence-corrected chi connectivity index (χ0v) is 29.0. The Labute approximate surface area is 294 Å². The lowest BCUT2D eigenvalue weighted by molar-refractivity contribution is -0.146. The standard InChI is InChI=1S/C40H48N4O6/c1-26(43(2)40(48)49)37(45)42-36(29-15-7-4-8-16-29)39(47)44-24-31-22-32(50-25-27-12-5-3-6-13-27)21-20-30(31)23-35(44)38(46)41-34-19-11-17-28-14-9-10-18-33(28)34/h3,5-6,9-10,12-14,18,20-22,26,29,34-36H,4,7-8,11,15-17,19,23-25H2,1-2H3,(H,41,46)(H,42,45)(H,48,49)/t26-,34-,35+,36-/m0/s1. The molecule has 10 nitrogen and oxygen atoms in total. The zero-order valence-electron chi connectivity index (χ0n) is 29.0. The lowest BCUT2D eigenvalue weighted by Crippen LogP contribution is -2.61. The SMILES string of the molecule is C[C@@H](C(=O)N[C@H](C(=O)N1Cc2cc(OCc3ccccc3)ccc2C[C@@H]1C(=O)N[C@H]1CCCc2ccccc21)C1CCCCC1)N(C)C(=O)O. The lowest BCUT2D eigenvalue weighted by Gasteiger charge is -2.41. The van der Waals surface area contributed by atoms with Crippen molar-refractivity contribution in [2.75, 3.05) is 7.05 Å². The average Bonchev–Trinajstić information content (AvgIpc) is 3.15. The number of carboxylic acid groups (broad SMARTS) is 1. The second-order valence-electron chi connectivity index (χ2n) is 14.0. The van der Waals surface area contributed by atoms with Gasteiger partial charge >= 0.3 is 6.09 Å². The number of rotatable bonds is 10. The first-order valence-electron chi connectivity index (χ1n) is 17.9. The number of carbonyl (C=O) groups is 4. The van der Waals surface area contributed by atoms with Gasteiger partial charge in [0.25, 0.3) is 0 Å². The maximum Gasteiger partial charge on any atom is 0.407 e. The Morgan fingerprint density at radius 2 is 1.64 bits per heavy atom. The Kier molecular flexibility index (Phi) is 11.0. The van der Waals surface area contributed by atoms with E-state index in [2.05, 4.69) is 22.8 Å². The maximum absolute atomic E-state index is 14.8. The number of likely N-dealkylation sites (N-methyl/N-ethyl adjacent to an activating group) is 1. The van der Waals surface area contributed by atoms with Crippen LogP contribution in [0.15, 0.2) is 72.8 Å².